The summed E-state index contributed by atoms with van der Waals surface area (Å²) in [5.41, 5.74) is 8.96. The molecule has 0 unspecified atom stereocenters. The second kappa shape index (κ2) is 5.95. The van der Waals surface area contributed by atoms with Gasteiger partial charge in [0.05, 0.1) is 5.75 Å². The third-order valence-electron chi connectivity index (χ3n) is 3.46. The van der Waals surface area contributed by atoms with Crippen LogP contribution in [0.2, 0.25) is 0 Å². The maximum Gasteiger partial charge on any atom is 0.209 e. The number of hydrogen-bond acceptors (Lipinski definition) is 3. The predicted molar refractivity (Wildman–Crippen MR) is 82.0 cm³/mol. The highest BCUT2D eigenvalue weighted by molar-refractivity contribution is 7.89. The van der Waals surface area contributed by atoms with Gasteiger partial charge in [-0.25, -0.2) is 13.6 Å². The molecule has 0 aliphatic rings. The highest BCUT2D eigenvalue weighted by Gasteiger charge is 2.09. The Hall–Kier alpha value is -1.37. The van der Waals surface area contributed by atoms with Crippen LogP contribution in [0.4, 0.5) is 0 Å². The Bertz CT molecular complexity index is 705. The van der Waals surface area contributed by atoms with E-state index in [1.54, 1.807) is 0 Å². The molecule has 0 fully saturated rings. The second-order valence-corrected chi connectivity index (χ2v) is 6.86. The molecule has 0 spiro atoms. The van der Waals surface area contributed by atoms with Gasteiger partial charge in [-0.15, -0.1) is 0 Å². The normalized spacial score (nSPS) is 12.2. The first-order valence-electron chi connectivity index (χ1n) is 6.68. The van der Waals surface area contributed by atoms with Crippen LogP contribution in [0, 0.1) is 0 Å². The van der Waals surface area contributed by atoms with E-state index in [-0.39, 0.29) is 5.75 Å². The van der Waals surface area contributed by atoms with Gasteiger partial charge < -0.3 is 10.3 Å². The van der Waals surface area contributed by atoms with Gasteiger partial charge in [-0.05, 0) is 49.1 Å². The first kappa shape index (κ1) is 15.0. The summed E-state index contributed by atoms with van der Waals surface area (Å²) in [6.07, 6.45) is 4.44. The summed E-state index contributed by atoms with van der Waals surface area (Å²) < 4.78 is 24.2. The van der Waals surface area contributed by atoms with E-state index in [1.807, 2.05) is 19.2 Å². The van der Waals surface area contributed by atoms with E-state index in [9.17, 15) is 8.42 Å². The number of aryl methyl sites for hydroxylation is 3. The third-order valence-corrected chi connectivity index (χ3v) is 4.24. The molecule has 1 heterocycles. The Balaban J connectivity index is 2.31. The first-order valence-corrected chi connectivity index (χ1v) is 8.39. The number of fused-ring (bicyclic) bond motifs is 1. The van der Waals surface area contributed by atoms with Crippen LogP contribution < -0.4 is 10.9 Å². The minimum atomic E-state index is -3.42. The Morgan fingerprint density at radius 3 is 2.65 bits per heavy atom. The SMILES string of the molecule is Cn1cc(CCCN)c2cc(CCS(N)(=O)=O)ccc21. The minimum absolute atomic E-state index is 0.0243. The van der Waals surface area contributed by atoms with Crippen molar-refractivity contribution in [2.24, 2.45) is 17.9 Å². The van der Waals surface area contributed by atoms with Gasteiger partial charge in [0.15, 0.2) is 0 Å². The van der Waals surface area contributed by atoms with Crippen LogP contribution in [0.15, 0.2) is 24.4 Å². The van der Waals surface area contributed by atoms with Crippen LogP contribution in [-0.2, 0) is 29.9 Å². The largest absolute Gasteiger partial charge is 0.350 e. The zero-order valence-corrected chi connectivity index (χ0v) is 12.5. The fourth-order valence-electron chi connectivity index (χ4n) is 2.43. The predicted octanol–water partition coefficient (Wildman–Crippen LogP) is 0.901. The highest BCUT2D eigenvalue weighted by Crippen LogP contribution is 2.23. The van der Waals surface area contributed by atoms with Crippen LogP contribution in [0.1, 0.15) is 17.5 Å². The fourth-order valence-corrected chi connectivity index (χ4v) is 2.95. The van der Waals surface area contributed by atoms with Crippen molar-refractivity contribution in [2.45, 2.75) is 19.3 Å². The summed E-state index contributed by atoms with van der Waals surface area (Å²) in [6, 6.07) is 6.05. The van der Waals surface area contributed by atoms with Crippen molar-refractivity contribution >= 4 is 20.9 Å². The van der Waals surface area contributed by atoms with Crippen molar-refractivity contribution < 1.29 is 8.42 Å². The lowest BCUT2D eigenvalue weighted by atomic mass is 10.0. The molecule has 0 aliphatic carbocycles. The number of rotatable bonds is 6. The number of benzene rings is 1. The standard InChI is InChI=1S/C14H21N3O2S/c1-17-10-12(3-2-7-15)13-9-11(4-5-14(13)17)6-8-20(16,18)19/h4-5,9-10H,2-3,6-8,15H2,1H3,(H2,16,18,19). The Kier molecular flexibility index (Phi) is 4.47. The molecule has 110 valence electrons. The molecule has 0 saturated heterocycles. The molecule has 5 nitrogen and oxygen atoms in total. The van der Waals surface area contributed by atoms with Crippen molar-refractivity contribution in [1.29, 1.82) is 0 Å². The molecule has 1 aromatic heterocycles. The van der Waals surface area contributed by atoms with Gasteiger partial charge in [0.1, 0.15) is 0 Å². The molecule has 0 radical (unpaired) electrons. The minimum Gasteiger partial charge on any atom is -0.350 e. The molecule has 2 aromatic rings. The van der Waals surface area contributed by atoms with E-state index in [0.717, 1.165) is 23.9 Å². The maximum absolute atomic E-state index is 11.0. The number of aromatic nitrogens is 1. The lowest BCUT2D eigenvalue weighted by Crippen LogP contribution is -2.17. The smallest absolute Gasteiger partial charge is 0.209 e. The monoisotopic (exact) mass is 295 g/mol. The molecular formula is C14H21N3O2S. The lowest BCUT2D eigenvalue weighted by Gasteiger charge is -2.03. The van der Waals surface area contributed by atoms with Crippen LogP contribution in [0.3, 0.4) is 0 Å². The Labute approximate surface area is 119 Å². The molecule has 0 bridgehead atoms. The van der Waals surface area contributed by atoms with E-state index in [2.05, 4.69) is 16.8 Å². The molecule has 20 heavy (non-hydrogen) atoms. The van der Waals surface area contributed by atoms with Crippen LogP contribution >= 0.6 is 0 Å². The summed E-state index contributed by atoms with van der Waals surface area (Å²) in [4.78, 5) is 0. The zero-order valence-electron chi connectivity index (χ0n) is 11.7. The highest BCUT2D eigenvalue weighted by atomic mass is 32.2. The van der Waals surface area contributed by atoms with E-state index >= 15 is 0 Å². The molecule has 0 amide bonds. The van der Waals surface area contributed by atoms with Gasteiger partial charge in [0.25, 0.3) is 0 Å². The second-order valence-electron chi connectivity index (χ2n) is 5.13. The average Bonchev–Trinajstić information content (AvgIpc) is 2.70. The van der Waals surface area contributed by atoms with Crippen molar-refractivity contribution in [1.82, 2.24) is 4.57 Å². The molecule has 0 saturated carbocycles. The van der Waals surface area contributed by atoms with E-state index < -0.39 is 10.0 Å². The van der Waals surface area contributed by atoms with Gasteiger partial charge in [-0.2, -0.15) is 0 Å². The van der Waals surface area contributed by atoms with Gasteiger partial charge in [0, 0.05) is 24.1 Å². The number of nitrogens with zero attached hydrogens (tertiary/aromatic N) is 1. The molecule has 2 rings (SSSR count). The van der Waals surface area contributed by atoms with Gasteiger partial charge >= 0.3 is 0 Å². The Morgan fingerprint density at radius 2 is 2.00 bits per heavy atom. The summed E-state index contributed by atoms with van der Waals surface area (Å²) in [7, 11) is -1.40. The van der Waals surface area contributed by atoms with E-state index in [0.29, 0.717) is 13.0 Å². The number of hydrogen-bond donors (Lipinski definition) is 2. The van der Waals surface area contributed by atoms with Crippen molar-refractivity contribution in [3.8, 4) is 0 Å². The molecule has 0 atom stereocenters. The van der Waals surface area contributed by atoms with Gasteiger partial charge in [-0.1, -0.05) is 6.07 Å². The molecule has 4 N–H and O–H groups in total. The average molecular weight is 295 g/mol. The summed E-state index contributed by atoms with van der Waals surface area (Å²) >= 11 is 0. The molecule has 1 aromatic carbocycles. The molecular weight excluding hydrogens is 274 g/mol. The summed E-state index contributed by atoms with van der Waals surface area (Å²) in [5, 5.41) is 6.22. The van der Waals surface area contributed by atoms with Crippen LogP contribution in [-0.4, -0.2) is 25.3 Å². The molecule has 6 heteroatoms. The lowest BCUT2D eigenvalue weighted by molar-refractivity contribution is 0.597. The topological polar surface area (TPSA) is 91.1 Å². The number of primary sulfonamides is 1. The summed E-state index contributed by atoms with van der Waals surface area (Å²) in [6.45, 7) is 0.668. The van der Waals surface area contributed by atoms with Gasteiger partial charge in [0.2, 0.25) is 10.0 Å². The zero-order chi connectivity index (χ0) is 14.8. The fraction of sp³-hybridized carbons (Fsp3) is 0.429. The Morgan fingerprint density at radius 1 is 1.25 bits per heavy atom. The molecule has 0 aliphatic heterocycles. The van der Waals surface area contributed by atoms with Crippen molar-refractivity contribution in [2.75, 3.05) is 12.3 Å². The van der Waals surface area contributed by atoms with E-state index in [4.69, 9.17) is 10.9 Å². The first-order chi connectivity index (χ1) is 9.40. The van der Waals surface area contributed by atoms with Crippen molar-refractivity contribution in [3.63, 3.8) is 0 Å². The van der Waals surface area contributed by atoms with E-state index in [1.165, 1.54) is 10.9 Å². The van der Waals surface area contributed by atoms with Crippen molar-refractivity contribution in [3.05, 3.63) is 35.5 Å². The van der Waals surface area contributed by atoms with Crippen LogP contribution in [0.5, 0.6) is 0 Å². The summed E-state index contributed by atoms with van der Waals surface area (Å²) in [5.74, 6) is -0.0243. The quantitative estimate of drug-likeness (QED) is 0.829. The third kappa shape index (κ3) is 3.59. The maximum atomic E-state index is 11.0. The number of nitrogens with two attached hydrogens (primary N) is 2. The van der Waals surface area contributed by atoms with Crippen LogP contribution in [0.25, 0.3) is 10.9 Å². The van der Waals surface area contributed by atoms with Gasteiger partial charge in [-0.3, -0.25) is 0 Å². The number of sulfonamides is 1.